The first-order chi connectivity index (χ1) is 12.2. The summed E-state index contributed by atoms with van der Waals surface area (Å²) in [6, 6.07) is 6.55. The SMILES string of the molecule is COC(=O)c1ccccc1S(=O)(=O)CNC(=O)Nc1nc(C)cc(C)n1. The molecular weight excluding hydrogens is 360 g/mol. The van der Waals surface area contributed by atoms with Crippen LogP contribution >= 0.6 is 0 Å². The van der Waals surface area contributed by atoms with E-state index in [2.05, 4.69) is 25.3 Å². The van der Waals surface area contributed by atoms with Gasteiger partial charge in [-0.05, 0) is 32.0 Å². The molecule has 0 unspecified atom stereocenters. The van der Waals surface area contributed by atoms with E-state index in [1.807, 2.05) is 0 Å². The first-order valence-electron chi connectivity index (χ1n) is 7.50. The van der Waals surface area contributed by atoms with E-state index in [9.17, 15) is 18.0 Å². The molecule has 138 valence electrons. The molecule has 0 saturated carbocycles. The Hall–Kier alpha value is -3.01. The highest BCUT2D eigenvalue weighted by Gasteiger charge is 2.23. The molecule has 1 aromatic heterocycles. The molecule has 1 aromatic carbocycles. The van der Waals surface area contributed by atoms with Crippen LogP contribution in [-0.4, -0.2) is 43.4 Å². The second-order valence-corrected chi connectivity index (χ2v) is 7.31. The standard InChI is InChI=1S/C16H18N4O5S/c1-10-8-11(2)19-15(18-10)20-16(22)17-9-26(23,24)13-7-5-4-6-12(13)14(21)25-3/h4-8H,9H2,1-3H3,(H2,17,18,19,20,22). The number of hydrogen-bond donors (Lipinski definition) is 2. The molecule has 1 heterocycles. The maximum atomic E-state index is 12.5. The van der Waals surface area contributed by atoms with E-state index in [4.69, 9.17) is 0 Å². The van der Waals surface area contributed by atoms with E-state index >= 15 is 0 Å². The summed E-state index contributed by atoms with van der Waals surface area (Å²) in [4.78, 5) is 31.5. The predicted molar refractivity (Wildman–Crippen MR) is 93.5 cm³/mol. The van der Waals surface area contributed by atoms with Crippen molar-refractivity contribution in [3.8, 4) is 0 Å². The highest BCUT2D eigenvalue weighted by Crippen LogP contribution is 2.17. The summed E-state index contributed by atoms with van der Waals surface area (Å²) in [5, 5.41) is 4.59. The lowest BCUT2D eigenvalue weighted by atomic mass is 10.2. The number of anilines is 1. The zero-order valence-corrected chi connectivity index (χ0v) is 15.3. The van der Waals surface area contributed by atoms with E-state index in [0.29, 0.717) is 11.4 Å². The highest BCUT2D eigenvalue weighted by molar-refractivity contribution is 7.91. The molecule has 0 atom stereocenters. The molecule has 0 radical (unpaired) electrons. The number of aromatic nitrogens is 2. The quantitative estimate of drug-likeness (QED) is 0.753. The minimum atomic E-state index is -3.96. The fraction of sp³-hybridized carbons (Fsp3) is 0.250. The van der Waals surface area contributed by atoms with Crippen LogP contribution in [0, 0.1) is 13.8 Å². The molecular formula is C16H18N4O5S. The number of rotatable bonds is 5. The van der Waals surface area contributed by atoms with Crippen LogP contribution in [-0.2, 0) is 14.6 Å². The van der Waals surface area contributed by atoms with Crippen LogP contribution < -0.4 is 10.6 Å². The lowest BCUT2D eigenvalue weighted by Crippen LogP contribution is -2.34. The average Bonchev–Trinajstić information content (AvgIpc) is 2.58. The monoisotopic (exact) mass is 378 g/mol. The van der Waals surface area contributed by atoms with Crippen molar-refractivity contribution in [2.24, 2.45) is 0 Å². The topological polar surface area (TPSA) is 127 Å². The first kappa shape index (κ1) is 19.3. The van der Waals surface area contributed by atoms with Gasteiger partial charge >= 0.3 is 12.0 Å². The minimum absolute atomic E-state index is 0.0624. The molecule has 0 aliphatic carbocycles. The van der Waals surface area contributed by atoms with Gasteiger partial charge in [0.05, 0.1) is 17.6 Å². The molecule has 0 saturated heterocycles. The Bertz CT molecular complexity index is 923. The van der Waals surface area contributed by atoms with Crippen LogP contribution in [0.3, 0.4) is 0 Å². The zero-order chi connectivity index (χ0) is 19.3. The maximum absolute atomic E-state index is 12.5. The van der Waals surface area contributed by atoms with Gasteiger partial charge in [-0.1, -0.05) is 12.1 Å². The van der Waals surface area contributed by atoms with Crippen molar-refractivity contribution in [1.82, 2.24) is 15.3 Å². The Kier molecular flexibility index (Phi) is 5.88. The Morgan fingerprint density at radius 3 is 2.35 bits per heavy atom. The number of hydrogen-bond acceptors (Lipinski definition) is 7. The fourth-order valence-corrected chi connectivity index (χ4v) is 3.43. The van der Waals surface area contributed by atoms with Crippen LogP contribution in [0.15, 0.2) is 35.2 Å². The molecule has 26 heavy (non-hydrogen) atoms. The van der Waals surface area contributed by atoms with Gasteiger partial charge in [0.25, 0.3) is 0 Å². The summed E-state index contributed by atoms with van der Waals surface area (Å²) in [6.45, 7) is 3.48. The van der Waals surface area contributed by atoms with Crippen molar-refractivity contribution in [3.05, 3.63) is 47.3 Å². The number of benzene rings is 1. The second-order valence-electron chi connectivity index (χ2n) is 5.35. The summed E-state index contributed by atoms with van der Waals surface area (Å²) in [7, 11) is -2.81. The number of carbonyl (C=O) groups is 2. The fourth-order valence-electron chi connectivity index (χ4n) is 2.18. The third-order valence-corrected chi connectivity index (χ3v) is 4.81. The van der Waals surface area contributed by atoms with Gasteiger partial charge in [0, 0.05) is 11.4 Å². The van der Waals surface area contributed by atoms with Crippen molar-refractivity contribution in [2.75, 3.05) is 18.3 Å². The van der Waals surface area contributed by atoms with Gasteiger partial charge < -0.3 is 10.1 Å². The van der Waals surface area contributed by atoms with Crippen LogP contribution in [0.5, 0.6) is 0 Å². The average molecular weight is 378 g/mol. The van der Waals surface area contributed by atoms with Gasteiger partial charge in [0.2, 0.25) is 5.95 Å². The molecule has 9 nitrogen and oxygen atoms in total. The van der Waals surface area contributed by atoms with Gasteiger partial charge in [-0.25, -0.2) is 28.0 Å². The molecule has 2 N–H and O–H groups in total. The Morgan fingerprint density at radius 1 is 1.12 bits per heavy atom. The van der Waals surface area contributed by atoms with Gasteiger partial charge in [0.15, 0.2) is 9.84 Å². The molecule has 0 aliphatic heterocycles. The molecule has 0 aliphatic rings. The summed E-state index contributed by atoms with van der Waals surface area (Å²) < 4.78 is 29.5. The number of ether oxygens (including phenoxy) is 1. The number of nitrogens with one attached hydrogen (secondary N) is 2. The minimum Gasteiger partial charge on any atom is -0.465 e. The van der Waals surface area contributed by atoms with E-state index in [1.165, 1.54) is 24.3 Å². The van der Waals surface area contributed by atoms with Crippen LogP contribution in [0.25, 0.3) is 0 Å². The van der Waals surface area contributed by atoms with E-state index in [0.717, 1.165) is 7.11 Å². The summed E-state index contributed by atoms with van der Waals surface area (Å²) in [5.74, 6) is -1.43. The van der Waals surface area contributed by atoms with Gasteiger partial charge in [-0.15, -0.1) is 0 Å². The number of sulfone groups is 1. The van der Waals surface area contributed by atoms with Crippen molar-refractivity contribution >= 4 is 27.8 Å². The number of nitrogens with zero attached hydrogens (tertiary/aromatic N) is 2. The molecule has 2 aromatic rings. The summed E-state index contributed by atoms with van der Waals surface area (Å²) in [5.41, 5.74) is 1.22. The van der Waals surface area contributed by atoms with E-state index in [1.54, 1.807) is 19.9 Å². The number of aryl methyl sites for hydroxylation is 2. The largest absolute Gasteiger partial charge is 0.465 e. The van der Waals surface area contributed by atoms with E-state index < -0.39 is 27.7 Å². The normalized spacial score (nSPS) is 10.9. The second kappa shape index (κ2) is 7.91. The third kappa shape index (κ3) is 4.76. The van der Waals surface area contributed by atoms with Crippen LogP contribution in [0.4, 0.5) is 10.7 Å². The van der Waals surface area contributed by atoms with Crippen LogP contribution in [0.2, 0.25) is 0 Å². The number of amides is 2. The predicted octanol–water partition coefficient (Wildman–Crippen LogP) is 1.43. The number of esters is 1. The summed E-state index contributed by atoms with van der Waals surface area (Å²) >= 11 is 0. The number of urea groups is 1. The maximum Gasteiger partial charge on any atom is 0.339 e. The zero-order valence-electron chi connectivity index (χ0n) is 14.4. The Morgan fingerprint density at radius 2 is 1.73 bits per heavy atom. The molecule has 0 spiro atoms. The lowest BCUT2D eigenvalue weighted by Gasteiger charge is -2.11. The lowest BCUT2D eigenvalue weighted by molar-refractivity contribution is 0.0596. The molecule has 0 bridgehead atoms. The third-order valence-electron chi connectivity index (χ3n) is 3.26. The molecule has 0 fully saturated rings. The Balaban J connectivity index is 2.11. The van der Waals surface area contributed by atoms with E-state index in [-0.39, 0.29) is 16.4 Å². The summed E-state index contributed by atoms with van der Waals surface area (Å²) in [6.07, 6.45) is 0. The molecule has 2 amide bonds. The molecule has 10 heteroatoms. The van der Waals surface area contributed by atoms with Crippen molar-refractivity contribution in [2.45, 2.75) is 18.7 Å². The van der Waals surface area contributed by atoms with Crippen molar-refractivity contribution in [3.63, 3.8) is 0 Å². The van der Waals surface area contributed by atoms with Gasteiger partial charge in [-0.2, -0.15) is 0 Å². The van der Waals surface area contributed by atoms with Crippen molar-refractivity contribution < 1.29 is 22.7 Å². The van der Waals surface area contributed by atoms with Crippen LogP contribution in [0.1, 0.15) is 21.7 Å². The first-order valence-corrected chi connectivity index (χ1v) is 9.15. The number of carbonyl (C=O) groups excluding carboxylic acids is 2. The van der Waals surface area contributed by atoms with Gasteiger partial charge in [-0.3, -0.25) is 5.32 Å². The number of methoxy groups -OCH3 is 1. The molecule has 2 rings (SSSR count). The van der Waals surface area contributed by atoms with Crippen molar-refractivity contribution in [1.29, 1.82) is 0 Å². The highest BCUT2D eigenvalue weighted by atomic mass is 32.2. The van der Waals surface area contributed by atoms with Gasteiger partial charge in [0.1, 0.15) is 5.88 Å². The smallest absolute Gasteiger partial charge is 0.339 e. The Labute approximate surface area is 150 Å².